The largest absolute Gasteiger partial charge is 0.493 e. The fraction of sp³-hybridized carbons (Fsp3) is 0.474. The van der Waals surface area contributed by atoms with Crippen LogP contribution in [-0.2, 0) is 23.8 Å². The maximum Gasteiger partial charge on any atom is 0.377 e. The molecule has 1 aromatic rings. The van der Waals surface area contributed by atoms with E-state index >= 15 is 0 Å². The first kappa shape index (κ1) is 18.8. The average Bonchev–Trinajstić information content (AvgIpc) is 2.60. The Bertz CT molecular complexity index is 638. The maximum absolute atomic E-state index is 12.3. The summed E-state index contributed by atoms with van der Waals surface area (Å²) in [7, 11) is 0. The van der Waals surface area contributed by atoms with Crippen LogP contribution in [0.2, 0.25) is 0 Å². The zero-order valence-corrected chi connectivity index (χ0v) is 15.1. The molecule has 1 amide bonds. The molecule has 0 fully saturated rings. The lowest BCUT2D eigenvalue weighted by Crippen LogP contribution is -2.24. The van der Waals surface area contributed by atoms with Crippen LogP contribution in [-0.4, -0.2) is 31.7 Å². The van der Waals surface area contributed by atoms with Crippen LogP contribution in [0.25, 0.3) is 0 Å². The monoisotopic (exact) mass is 347 g/mol. The lowest BCUT2D eigenvalue weighted by Gasteiger charge is -2.20. The number of esters is 1. The van der Waals surface area contributed by atoms with Gasteiger partial charge in [0.25, 0.3) is 5.91 Å². The number of benzene rings is 1. The molecule has 0 saturated heterocycles. The van der Waals surface area contributed by atoms with Crippen LogP contribution < -0.4 is 5.32 Å². The van der Waals surface area contributed by atoms with Crippen molar-refractivity contribution in [3.8, 4) is 0 Å². The van der Waals surface area contributed by atoms with Crippen LogP contribution in [0, 0.1) is 0 Å². The smallest absolute Gasteiger partial charge is 0.377 e. The first-order valence-corrected chi connectivity index (χ1v) is 8.44. The highest BCUT2D eigenvalue weighted by atomic mass is 16.6. The summed E-state index contributed by atoms with van der Waals surface area (Å²) >= 11 is 0. The summed E-state index contributed by atoms with van der Waals surface area (Å²) in [6.45, 7) is 8.57. The zero-order chi connectivity index (χ0) is 18.4. The summed E-state index contributed by atoms with van der Waals surface area (Å²) in [4.78, 5) is 24.1. The highest BCUT2D eigenvalue weighted by molar-refractivity contribution is 5.95. The Kier molecular flexibility index (Phi) is 6.44. The number of carbonyl (C=O) groups excluding carboxylic acids is 2. The standard InChI is InChI=1S/C19H25NO5/c1-12(2)14-6-5-7-15(13(3)4)18(14)20-17(21)11-25-19(22)16-10-23-8-9-24-16/h5-7,10,12-13H,8-9,11H2,1-4H3,(H,20,21). The van der Waals surface area contributed by atoms with Crippen molar-refractivity contribution in [1.82, 2.24) is 0 Å². The van der Waals surface area contributed by atoms with Crippen molar-refractivity contribution in [2.24, 2.45) is 0 Å². The second-order valence-electron chi connectivity index (χ2n) is 6.45. The van der Waals surface area contributed by atoms with Crippen LogP contribution in [0.1, 0.15) is 50.7 Å². The van der Waals surface area contributed by atoms with Crippen molar-refractivity contribution < 1.29 is 23.8 Å². The third kappa shape index (κ3) is 4.98. The Balaban J connectivity index is 2.04. The molecule has 1 N–H and O–H groups in total. The molecule has 0 saturated carbocycles. The van der Waals surface area contributed by atoms with E-state index in [4.69, 9.17) is 14.2 Å². The summed E-state index contributed by atoms with van der Waals surface area (Å²) in [6.07, 6.45) is 1.20. The quantitative estimate of drug-likeness (QED) is 0.799. The number of ether oxygens (including phenoxy) is 3. The zero-order valence-electron chi connectivity index (χ0n) is 15.1. The topological polar surface area (TPSA) is 73.9 Å². The Morgan fingerprint density at radius 1 is 1.12 bits per heavy atom. The minimum atomic E-state index is -0.712. The highest BCUT2D eigenvalue weighted by Crippen LogP contribution is 2.32. The third-order valence-electron chi connectivity index (χ3n) is 3.82. The lowest BCUT2D eigenvalue weighted by molar-refractivity contribution is -0.148. The Hall–Kier alpha value is -2.50. The second kappa shape index (κ2) is 8.55. The number of carbonyl (C=O) groups is 2. The Morgan fingerprint density at radius 3 is 2.28 bits per heavy atom. The average molecular weight is 347 g/mol. The number of hydrogen-bond acceptors (Lipinski definition) is 5. The van der Waals surface area contributed by atoms with E-state index in [1.807, 2.05) is 18.2 Å². The molecule has 1 aliphatic rings. The first-order chi connectivity index (χ1) is 11.9. The van der Waals surface area contributed by atoms with Gasteiger partial charge < -0.3 is 19.5 Å². The third-order valence-corrected chi connectivity index (χ3v) is 3.82. The van der Waals surface area contributed by atoms with Gasteiger partial charge in [-0.1, -0.05) is 45.9 Å². The summed E-state index contributed by atoms with van der Waals surface area (Å²) in [5, 5.41) is 2.89. The van der Waals surface area contributed by atoms with Gasteiger partial charge in [-0.25, -0.2) is 4.79 Å². The Morgan fingerprint density at radius 2 is 1.76 bits per heavy atom. The first-order valence-electron chi connectivity index (χ1n) is 8.44. The van der Waals surface area contributed by atoms with E-state index in [0.29, 0.717) is 6.61 Å². The summed E-state index contributed by atoms with van der Waals surface area (Å²) in [5.74, 6) is -0.606. The number of rotatable bonds is 6. The molecule has 6 heteroatoms. The predicted molar refractivity (Wildman–Crippen MR) is 94.2 cm³/mol. The molecule has 0 bridgehead atoms. The molecule has 2 rings (SSSR count). The number of para-hydroxylation sites is 1. The van der Waals surface area contributed by atoms with Crippen molar-refractivity contribution in [2.75, 3.05) is 25.1 Å². The van der Waals surface area contributed by atoms with E-state index in [2.05, 4.69) is 33.0 Å². The molecular weight excluding hydrogens is 322 g/mol. The van der Waals surface area contributed by atoms with Gasteiger partial charge in [-0.3, -0.25) is 4.79 Å². The molecule has 6 nitrogen and oxygen atoms in total. The van der Waals surface area contributed by atoms with Gasteiger partial charge in [0.1, 0.15) is 19.5 Å². The van der Waals surface area contributed by atoms with E-state index in [1.165, 1.54) is 6.26 Å². The Labute approximate surface area is 148 Å². The van der Waals surface area contributed by atoms with Gasteiger partial charge in [0, 0.05) is 5.69 Å². The summed E-state index contributed by atoms with van der Waals surface area (Å²) in [6, 6.07) is 5.99. The van der Waals surface area contributed by atoms with Gasteiger partial charge in [-0.05, 0) is 23.0 Å². The van der Waals surface area contributed by atoms with E-state index in [1.54, 1.807) is 0 Å². The number of hydrogen-bond donors (Lipinski definition) is 1. The van der Waals surface area contributed by atoms with Crippen molar-refractivity contribution in [2.45, 2.75) is 39.5 Å². The van der Waals surface area contributed by atoms with Crippen LogP contribution in [0.15, 0.2) is 30.2 Å². The fourth-order valence-electron chi connectivity index (χ4n) is 2.55. The van der Waals surface area contributed by atoms with Crippen LogP contribution >= 0.6 is 0 Å². The molecule has 0 aromatic heterocycles. The van der Waals surface area contributed by atoms with Gasteiger partial charge in [-0.2, -0.15) is 0 Å². The molecular formula is C19H25NO5. The second-order valence-corrected chi connectivity index (χ2v) is 6.45. The molecule has 0 aliphatic carbocycles. The van der Waals surface area contributed by atoms with Crippen molar-refractivity contribution >= 4 is 17.6 Å². The molecule has 25 heavy (non-hydrogen) atoms. The predicted octanol–water partition coefficient (Wildman–Crippen LogP) is 3.30. The molecule has 1 aromatic carbocycles. The van der Waals surface area contributed by atoms with Crippen molar-refractivity contribution in [1.29, 1.82) is 0 Å². The highest BCUT2D eigenvalue weighted by Gasteiger charge is 2.20. The number of nitrogens with one attached hydrogen (secondary N) is 1. The molecule has 0 spiro atoms. The summed E-state index contributed by atoms with van der Waals surface area (Å²) < 4.78 is 15.1. The minimum Gasteiger partial charge on any atom is -0.493 e. The molecule has 1 heterocycles. The minimum absolute atomic E-state index is 0.0236. The van der Waals surface area contributed by atoms with Gasteiger partial charge in [-0.15, -0.1) is 0 Å². The van der Waals surface area contributed by atoms with Gasteiger partial charge >= 0.3 is 5.97 Å². The van der Waals surface area contributed by atoms with Gasteiger partial charge in [0.15, 0.2) is 6.61 Å². The number of anilines is 1. The van der Waals surface area contributed by atoms with Crippen LogP contribution in [0.4, 0.5) is 5.69 Å². The van der Waals surface area contributed by atoms with Gasteiger partial charge in [0.05, 0.1) is 0 Å². The molecule has 0 unspecified atom stereocenters. The molecule has 1 aliphatic heterocycles. The normalized spacial score (nSPS) is 13.8. The van der Waals surface area contributed by atoms with E-state index in [9.17, 15) is 9.59 Å². The number of amides is 1. The molecule has 136 valence electrons. The van der Waals surface area contributed by atoms with Crippen LogP contribution in [0.3, 0.4) is 0 Å². The van der Waals surface area contributed by atoms with Crippen molar-refractivity contribution in [3.63, 3.8) is 0 Å². The van der Waals surface area contributed by atoms with Crippen molar-refractivity contribution in [3.05, 3.63) is 41.3 Å². The van der Waals surface area contributed by atoms with E-state index < -0.39 is 5.97 Å². The van der Waals surface area contributed by atoms with E-state index in [-0.39, 0.29) is 36.7 Å². The summed E-state index contributed by atoms with van der Waals surface area (Å²) in [5.41, 5.74) is 2.90. The van der Waals surface area contributed by atoms with E-state index in [0.717, 1.165) is 16.8 Å². The molecule has 0 radical (unpaired) electrons. The maximum atomic E-state index is 12.3. The van der Waals surface area contributed by atoms with Gasteiger partial charge in [0.2, 0.25) is 5.76 Å². The van der Waals surface area contributed by atoms with Crippen LogP contribution in [0.5, 0.6) is 0 Å². The SMILES string of the molecule is CC(C)c1cccc(C(C)C)c1NC(=O)COC(=O)C1=COCCO1. The fourth-order valence-corrected chi connectivity index (χ4v) is 2.55. The molecule has 0 atom stereocenters. The lowest BCUT2D eigenvalue weighted by atomic mass is 9.92.